The van der Waals surface area contributed by atoms with Crippen molar-refractivity contribution in [2.24, 2.45) is 0 Å². The summed E-state index contributed by atoms with van der Waals surface area (Å²) in [6.45, 7) is 7.90. The lowest BCUT2D eigenvalue weighted by Gasteiger charge is -2.32. The number of hydrogen-bond acceptors (Lipinski definition) is 7. The third-order valence-corrected chi connectivity index (χ3v) is 9.66. The number of piperazine rings is 1. The Morgan fingerprint density at radius 1 is 0.977 bits per heavy atom. The van der Waals surface area contributed by atoms with Crippen molar-refractivity contribution in [1.29, 1.82) is 0 Å². The Labute approximate surface area is 258 Å². The second-order valence-corrected chi connectivity index (χ2v) is 12.6. The number of fused-ring (bicyclic) bond motifs is 3. The predicted octanol–water partition coefficient (Wildman–Crippen LogP) is 4.51. The number of likely N-dealkylation sites (tertiary alicyclic amines) is 1. The van der Waals surface area contributed by atoms with Gasteiger partial charge in [-0.1, -0.05) is 24.3 Å². The fourth-order valence-corrected chi connectivity index (χ4v) is 6.96. The highest BCUT2D eigenvalue weighted by Crippen LogP contribution is 2.45. The summed E-state index contributed by atoms with van der Waals surface area (Å²) in [6, 6.07) is 16.5. The number of pyridine rings is 1. The zero-order chi connectivity index (χ0) is 30.2. The molecule has 44 heavy (non-hydrogen) atoms. The van der Waals surface area contributed by atoms with Crippen LogP contribution in [0.5, 0.6) is 11.5 Å². The van der Waals surface area contributed by atoms with E-state index in [2.05, 4.69) is 57.6 Å². The van der Waals surface area contributed by atoms with Crippen LogP contribution in [0.1, 0.15) is 36.0 Å². The van der Waals surface area contributed by atoms with E-state index in [-0.39, 0.29) is 16.9 Å². The lowest BCUT2D eigenvalue weighted by atomic mass is 10.0. The summed E-state index contributed by atoms with van der Waals surface area (Å²) in [5.41, 5.74) is 2.22. The maximum atomic E-state index is 13.8. The number of nitrogens with zero attached hydrogens (tertiary/aromatic N) is 4. The Morgan fingerprint density at radius 3 is 2.55 bits per heavy atom. The van der Waals surface area contributed by atoms with E-state index >= 15 is 0 Å². The summed E-state index contributed by atoms with van der Waals surface area (Å²) < 4.78 is 8.57. The van der Waals surface area contributed by atoms with Gasteiger partial charge in [0.25, 0.3) is 5.91 Å². The summed E-state index contributed by atoms with van der Waals surface area (Å²) in [6.07, 6.45) is 5.93. The number of rotatable bonds is 9. The van der Waals surface area contributed by atoms with Crippen LogP contribution < -0.4 is 20.8 Å². The molecule has 1 aromatic heterocycles. The van der Waals surface area contributed by atoms with E-state index in [1.165, 1.54) is 6.42 Å². The van der Waals surface area contributed by atoms with Crippen LogP contribution in [0.3, 0.4) is 0 Å². The standard InChI is InChI=1S/C35H42N6O3/c1-38-17-19-40(20-18-38)16-6-13-36-29-11-10-27-32-34(29)44-31-22-25-8-4-3-7-24(25)21-30(31)41(32)23-28(33(27)42)35(43)37-14-12-26-9-5-15-39(26)2/h3-4,7-8,10-11,21-23,26,36H,5-6,9,12-20H2,1-2H3,(H,37,43). The molecule has 3 aliphatic heterocycles. The zero-order valence-electron chi connectivity index (χ0n) is 25.8. The molecule has 4 heterocycles. The van der Waals surface area contributed by atoms with Gasteiger partial charge in [-0.25, -0.2) is 0 Å². The molecule has 3 aromatic carbocycles. The minimum atomic E-state index is -0.331. The normalized spacial score (nSPS) is 18.8. The fourth-order valence-electron chi connectivity index (χ4n) is 6.96. The first-order valence-electron chi connectivity index (χ1n) is 16.0. The van der Waals surface area contributed by atoms with Crippen molar-refractivity contribution in [3.05, 3.63) is 70.5 Å². The number of hydrogen-bond donors (Lipinski definition) is 2. The van der Waals surface area contributed by atoms with E-state index in [0.717, 1.165) is 87.2 Å². The molecule has 7 rings (SSSR count). The van der Waals surface area contributed by atoms with Gasteiger partial charge in [-0.05, 0) is 87.9 Å². The van der Waals surface area contributed by atoms with Gasteiger partial charge in [-0.3, -0.25) is 9.59 Å². The highest BCUT2D eigenvalue weighted by molar-refractivity contribution is 6.01. The topological polar surface area (TPSA) is 82.1 Å². The molecular formula is C35H42N6O3. The number of carbonyl (C=O) groups excluding carboxylic acids is 1. The lowest BCUT2D eigenvalue weighted by Crippen LogP contribution is -2.44. The number of ether oxygens (including phenoxy) is 1. The summed E-state index contributed by atoms with van der Waals surface area (Å²) in [5.74, 6) is 0.990. The molecule has 0 radical (unpaired) electrons. The van der Waals surface area contributed by atoms with Crippen molar-refractivity contribution < 1.29 is 9.53 Å². The Bertz CT molecular complexity index is 1760. The molecule has 2 saturated heterocycles. The number of likely N-dealkylation sites (N-methyl/N-ethyl adjacent to an activating group) is 1. The predicted molar refractivity (Wildman–Crippen MR) is 177 cm³/mol. The molecule has 1 atom stereocenters. The quantitative estimate of drug-likeness (QED) is 0.243. The van der Waals surface area contributed by atoms with E-state index in [9.17, 15) is 9.59 Å². The summed E-state index contributed by atoms with van der Waals surface area (Å²) in [4.78, 5) is 34.5. The van der Waals surface area contributed by atoms with Crippen LogP contribution in [0, 0.1) is 0 Å². The molecule has 1 unspecified atom stereocenters. The fraction of sp³-hybridized carbons (Fsp3) is 0.429. The molecule has 0 aliphatic carbocycles. The van der Waals surface area contributed by atoms with Crippen LogP contribution in [0.4, 0.5) is 5.69 Å². The van der Waals surface area contributed by atoms with Gasteiger partial charge in [-0.2, -0.15) is 0 Å². The van der Waals surface area contributed by atoms with Crippen molar-refractivity contribution in [1.82, 2.24) is 24.6 Å². The average Bonchev–Trinajstić information content (AvgIpc) is 3.45. The second kappa shape index (κ2) is 12.2. The summed E-state index contributed by atoms with van der Waals surface area (Å²) in [7, 11) is 4.31. The van der Waals surface area contributed by atoms with Gasteiger partial charge in [0, 0.05) is 51.5 Å². The van der Waals surface area contributed by atoms with Gasteiger partial charge < -0.3 is 34.6 Å². The zero-order valence-corrected chi connectivity index (χ0v) is 25.8. The number of anilines is 1. The van der Waals surface area contributed by atoms with Crippen LogP contribution in [0.2, 0.25) is 0 Å². The molecule has 9 heteroatoms. The van der Waals surface area contributed by atoms with E-state index in [0.29, 0.717) is 35.0 Å². The van der Waals surface area contributed by atoms with E-state index < -0.39 is 0 Å². The van der Waals surface area contributed by atoms with Gasteiger partial charge in [0.05, 0.1) is 16.8 Å². The summed E-state index contributed by atoms with van der Waals surface area (Å²) in [5, 5.41) is 9.23. The number of aromatic nitrogens is 1. The van der Waals surface area contributed by atoms with Gasteiger partial charge in [0.15, 0.2) is 11.5 Å². The van der Waals surface area contributed by atoms with Crippen LogP contribution in [0.15, 0.2) is 59.5 Å². The first-order chi connectivity index (χ1) is 21.5. The lowest BCUT2D eigenvalue weighted by molar-refractivity contribution is 0.0949. The number of carbonyl (C=O) groups is 1. The first kappa shape index (κ1) is 28.8. The largest absolute Gasteiger partial charge is 0.451 e. The average molecular weight is 595 g/mol. The van der Waals surface area contributed by atoms with Crippen LogP contribution in [-0.2, 0) is 0 Å². The number of amides is 1. The first-order valence-corrected chi connectivity index (χ1v) is 16.0. The Kier molecular flexibility index (Phi) is 8.01. The number of nitrogens with one attached hydrogen (secondary N) is 2. The van der Waals surface area contributed by atoms with Gasteiger partial charge in [-0.15, -0.1) is 0 Å². The molecule has 3 aliphatic rings. The van der Waals surface area contributed by atoms with E-state index in [4.69, 9.17) is 4.74 Å². The SMILES string of the molecule is CN1CCN(CCCNc2ccc3c(=O)c(C(=O)NCCC4CCCN4C)cn4c3c2Oc2cc3ccccc3cc2-4)CC1. The van der Waals surface area contributed by atoms with Gasteiger partial charge in [0.2, 0.25) is 5.43 Å². The molecule has 0 saturated carbocycles. The second-order valence-electron chi connectivity index (χ2n) is 12.6. The van der Waals surface area contributed by atoms with Crippen molar-refractivity contribution in [3.8, 4) is 17.2 Å². The molecule has 0 spiro atoms. The Morgan fingerprint density at radius 2 is 1.77 bits per heavy atom. The molecule has 2 fully saturated rings. The van der Waals surface area contributed by atoms with Crippen molar-refractivity contribution in [3.63, 3.8) is 0 Å². The highest BCUT2D eigenvalue weighted by atomic mass is 16.5. The van der Waals surface area contributed by atoms with Gasteiger partial charge >= 0.3 is 0 Å². The van der Waals surface area contributed by atoms with Crippen molar-refractivity contribution >= 4 is 33.3 Å². The maximum absolute atomic E-state index is 13.8. The van der Waals surface area contributed by atoms with E-state index in [1.54, 1.807) is 6.20 Å². The molecule has 9 nitrogen and oxygen atoms in total. The summed E-state index contributed by atoms with van der Waals surface area (Å²) >= 11 is 0. The Hall–Kier alpha value is -3.92. The third kappa shape index (κ3) is 5.56. The molecule has 230 valence electrons. The molecule has 4 aromatic rings. The Balaban J connectivity index is 1.20. The molecule has 0 bridgehead atoms. The van der Waals surface area contributed by atoms with Crippen molar-refractivity contribution in [2.45, 2.75) is 31.7 Å². The van der Waals surface area contributed by atoms with Crippen LogP contribution in [0.25, 0.3) is 27.4 Å². The molecule has 1 amide bonds. The number of benzene rings is 3. The van der Waals surface area contributed by atoms with Gasteiger partial charge in [0.1, 0.15) is 11.1 Å². The highest BCUT2D eigenvalue weighted by Gasteiger charge is 2.27. The van der Waals surface area contributed by atoms with Crippen LogP contribution >= 0.6 is 0 Å². The third-order valence-electron chi connectivity index (χ3n) is 9.66. The van der Waals surface area contributed by atoms with E-state index in [1.807, 2.05) is 34.9 Å². The maximum Gasteiger partial charge on any atom is 0.256 e. The molecule has 2 N–H and O–H groups in total. The van der Waals surface area contributed by atoms with Crippen LogP contribution in [-0.4, -0.2) is 97.7 Å². The van der Waals surface area contributed by atoms with Crippen molar-refractivity contribution in [2.75, 3.05) is 71.8 Å². The minimum absolute atomic E-state index is 0.150. The smallest absolute Gasteiger partial charge is 0.256 e. The minimum Gasteiger partial charge on any atom is -0.451 e. The monoisotopic (exact) mass is 594 g/mol. The molecular weight excluding hydrogens is 552 g/mol.